The van der Waals surface area contributed by atoms with Gasteiger partial charge in [-0.1, -0.05) is 0 Å². The van der Waals surface area contributed by atoms with Gasteiger partial charge in [-0.05, 0) is 26.3 Å². The monoisotopic (exact) mass is 318 g/mol. The molecule has 0 saturated heterocycles. The molecule has 0 aliphatic heterocycles. The largest absolute Gasteiger partial charge is 0.495 e. The third kappa shape index (κ3) is 4.48. The van der Waals surface area contributed by atoms with Crippen molar-refractivity contribution >= 4 is 15.7 Å². The fourth-order valence-electron chi connectivity index (χ4n) is 1.99. The normalized spacial score (nSPS) is 14.5. The van der Waals surface area contributed by atoms with Crippen molar-refractivity contribution in [2.45, 2.75) is 37.3 Å². The molecule has 0 saturated carbocycles. The summed E-state index contributed by atoms with van der Waals surface area (Å²) in [6.45, 7) is 3.26. The average molecular weight is 318 g/mol. The quantitative estimate of drug-likeness (QED) is 0.639. The Morgan fingerprint density at radius 1 is 1.24 bits per heavy atom. The minimum atomic E-state index is -3.82. The van der Waals surface area contributed by atoms with Crippen LogP contribution in [0.5, 0.6) is 11.5 Å². The van der Waals surface area contributed by atoms with E-state index in [2.05, 4.69) is 4.72 Å². The third-order valence-corrected chi connectivity index (χ3v) is 4.47. The summed E-state index contributed by atoms with van der Waals surface area (Å²) in [5.41, 5.74) is 5.95. The molecule has 0 aliphatic carbocycles. The molecule has 2 atom stereocenters. The van der Waals surface area contributed by atoms with E-state index < -0.39 is 22.2 Å². The van der Waals surface area contributed by atoms with Crippen molar-refractivity contribution in [3.05, 3.63) is 12.1 Å². The molecule has 1 aromatic carbocycles. The van der Waals surface area contributed by atoms with E-state index in [1.165, 1.54) is 26.4 Å². The first-order valence-electron chi connectivity index (χ1n) is 6.43. The maximum Gasteiger partial charge on any atom is 0.244 e. The van der Waals surface area contributed by atoms with Crippen LogP contribution in [0.25, 0.3) is 0 Å². The number of aliphatic hydroxyl groups excluding tert-OH is 1. The number of ether oxygens (including phenoxy) is 2. The van der Waals surface area contributed by atoms with Crippen molar-refractivity contribution in [2.24, 2.45) is 0 Å². The van der Waals surface area contributed by atoms with Crippen molar-refractivity contribution in [3.63, 3.8) is 0 Å². The van der Waals surface area contributed by atoms with Gasteiger partial charge in [0.2, 0.25) is 10.0 Å². The van der Waals surface area contributed by atoms with E-state index in [1.54, 1.807) is 13.8 Å². The summed E-state index contributed by atoms with van der Waals surface area (Å²) in [4.78, 5) is -0.0688. The molecule has 0 aromatic heterocycles. The highest BCUT2D eigenvalue weighted by molar-refractivity contribution is 7.89. The zero-order valence-electron chi connectivity index (χ0n) is 12.6. The first-order valence-corrected chi connectivity index (χ1v) is 7.91. The predicted octanol–water partition coefficient (Wildman–Crippen LogP) is 0.724. The Labute approximate surface area is 125 Å². The molecule has 8 heteroatoms. The van der Waals surface area contributed by atoms with E-state index in [-0.39, 0.29) is 16.3 Å². The molecule has 0 amide bonds. The number of aliphatic hydroxyl groups is 1. The molecule has 1 aromatic rings. The number of hydrogen-bond donors (Lipinski definition) is 3. The molecule has 0 bridgehead atoms. The number of anilines is 1. The number of methoxy groups -OCH3 is 2. The number of nitrogens with one attached hydrogen (secondary N) is 1. The summed E-state index contributed by atoms with van der Waals surface area (Å²) < 4.78 is 37.4. The minimum Gasteiger partial charge on any atom is -0.495 e. The van der Waals surface area contributed by atoms with E-state index in [0.29, 0.717) is 12.2 Å². The Kier molecular flexibility index (Phi) is 5.82. The summed E-state index contributed by atoms with van der Waals surface area (Å²) in [5, 5.41) is 9.31. The first-order chi connectivity index (χ1) is 9.71. The van der Waals surface area contributed by atoms with Crippen LogP contribution >= 0.6 is 0 Å². The van der Waals surface area contributed by atoms with E-state index in [0.717, 1.165) is 0 Å². The molecule has 0 fully saturated rings. The standard InChI is InChI=1S/C13H22N2O5S/c1-8(5-9(2)16)15-21(17,18)13-6-10(14)11(19-3)7-12(13)20-4/h6-9,15-16H,5,14H2,1-4H3. The molecule has 0 spiro atoms. The summed E-state index contributed by atoms with van der Waals surface area (Å²) >= 11 is 0. The molecule has 4 N–H and O–H groups in total. The van der Waals surface area contributed by atoms with Crippen LogP contribution in [0.3, 0.4) is 0 Å². The summed E-state index contributed by atoms with van der Waals surface area (Å²) in [6.07, 6.45) is -0.307. The molecule has 1 rings (SSSR count). The predicted molar refractivity (Wildman–Crippen MR) is 80.0 cm³/mol. The molecule has 0 heterocycles. The first kappa shape index (κ1) is 17.5. The smallest absolute Gasteiger partial charge is 0.244 e. The molecule has 0 radical (unpaired) electrons. The Morgan fingerprint density at radius 2 is 1.81 bits per heavy atom. The molecular formula is C13H22N2O5S. The van der Waals surface area contributed by atoms with Gasteiger partial charge >= 0.3 is 0 Å². The van der Waals surface area contributed by atoms with Crippen LogP contribution in [0, 0.1) is 0 Å². The lowest BCUT2D eigenvalue weighted by atomic mass is 10.2. The Balaban J connectivity index is 3.16. The Bertz CT molecular complexity index is 586. The van der Waals surface area contributed by atoms with E-state index in [9.17, 15) is 13.5 Å². The SMILES string of the molecule is COc1cc(OC)c(S(=O)(=O)NC(C)CC(C)O)cc1N. The van der Waals surface area contributed by atoms with Gasteiger partial charge in [-0.25, -0.2) is 13.1 Å². The van der Waals surface area contributed by atoms with Crippen LogP contribution < -0.4 is 19.9 Å². The van der Waals surface area contributed by atoms with Crippen LogP contribution in [0.1, 0.15) is 20.3 Å². The molecule has 21 heavy (non-hydrogen) atoms. The van der Waals surface area contributed by atoms with Crippen LogP contribution in [0.15, 0.2) is 17.0 Å². The Morgan fingerprint density at radius 3 is 2.29 bits per heavy atom. The van der Waals surface area contributed by atoms with Gasteiger partial charge in [0.1, 0.15) is 16.4 Å². The van der Waals surface area contributed by atoms with E-state index >= 15 is 0 Å². The number of benzene rings is 1. The van der Waals surface area contributed by atoms with Crippen LogP contribution in [0.4, 0.5) is 5.69 Å². The van der Waals surface area contributed by atoms with Crippen molar-refractivity contribution in [3.8, 4) is 11.5 Å². The van der Waals surface area contributed by atoms with Gasteiger partial charge in [-0.15, -0.1) is 0 Å². The zero-order valence-corrected chi connectivity index (χ0v) is 13.4. The third-order valence-electron chi connectivity index (χ3n) is 2.86. The highest BCUT2D eigenvalue weighted by atomic mass is 32.2. The summed E-state index contributed by atoms with van der Waals surface area (Å²) in [6, 6.07) is 2.28. The number of nitrogen functional groups attached to an aromatic ring is 1. The maximum atomic E-state index is 12.4. The van der Waals surface area contributed by atoms with Gasteiger partial charge in [0.15, 0.2) is 0 Å². The highest BCUT2D eigenvalue weighted by Crippen LogP contribution is 2.33. The van der Waals surface area contributed by atoms with Crippen LogP contribution in [-0.4, -0.2) is 39.9 Å². The van der Waals surface area contributed by atoms with Crippen molar-refractivity contribution in [1.82, 2.24) is 4.72 Å². The van der Waals surface area contributed by atoms with E-state index in [4.69, 9.17) is 15.2 Å². The second kappa shape index (κ2) is 6.97. The van der Waals surface area contributed by atoms with Crippen LogP contribution in [-0.2, 0) is 10.0 Å². The summed E-state index contributed by atoms with van der Waals surface area (Å²) in [7, 11) is -1.02. The summed E-state index contributed by atoms with van der Waals surface area (Å²) in [5.74, 6) is 0.473. The fourth-order valence-corrected chi connectivity index (χ4v) is 3.43. The number of hydrogen-bond acceptors (Lipinski definition) is 6. The topological polar surface area (TPSA) is 111 Å². The van der Waals surface area contributed by atoms with Crippen LogP contribution in [0.2, 0.25) is 0 Å². The van der Waals surface area contributed by atoms with Crippen molar-refractivity contribution in [2.75, 3.05) is 20.0 Å². The number of rotatable bonds is 7. The lowest BCUT2D eigenvalue weighted by Gasteiger charge is -2.18. The van der Waals surface area contributed by atoms with Gasteiger partial charge in [-0.3, -0.25) is 0 Å². The van der Waals surface area contributed by atoms with Crippen molar-refractivity contribution in [1.29, 1.82) is 0 Å². The number of sulfonamides is 1. The lowest BCUT2D eigenvalue weighted by Crippen LogP contribution is -2.34. The van der Waals surface area contributed by atoms with Gasteiger partial charge in [-0.2, -0.15) is 0 Å². The second-order valence-corrected chi connectivity index (χ2v) is 6.53. The zero-order chi connectivity index (χ0) is 16.2. The Hall–Kier alpha value is -1.51. The maximum absolute atomic E-state index is 12.4. The van der Waals surface area contributed by atoms with Gasteiger partial charge in [0.25, 0.3) is 0 Å². The molecule has 2 unspecified atom stereocenters. The second-order valence-electron chi connectivity index (χ2n) is 4.85. The fraction of sp³-hybridized carbons (Fsp3) is 0.538. The van der Waals surface area contributed by atoms with Gasteiger partial charge in [0.05, 0.1) is 26.0 Å². The van der Waals surface area contributed by atoms with Crippen molar-refractivity contribution < 1.29 is 23.0 Å². The van der Waals surface area contributed by atoms with E-state index in [1.807, 2.05) is 0 Å². The molecule has 120 valence electrons. The average Bonchev–Trinajstić information content (AvgIpc) is 2.36. The highest BCUT2D eigenvalue weighted by Gasteiger charge is 2.24. The van der Waals surface area contributed by atoms with Gasteiger partial charge in [0, 0.05) is 12.1 Å². The lowest BCUT2D eigenvalue weighted by molar-refractivity contribution is 0.175. The van der Waals surface area contributed by atoms with Gasteiger partial charge < -0.3 is 20.3 Å². The number of nitrogens with two attached hydrogens (primary N) is 1. The molecular weight excluding hydrogens is 296 g/mol. The molecule has 0 aliphatic rings. The minimum absolute atomic E-state index is 0.0688. The molecule has 7 nitrogen and oxygen atoms in total.